The molecule has 30 heavy (non-hydrogen) atoms. The van der Waals surface area contributed by atoms with E-state index in [2.05, 4.69) is 10.6 Å². The largest absolute Gasteiger partial charge is 0.367 e. The summed E-state index contributed by atoms with van der Waals surface area (Å²) < 4.78 is 18.2. The Morgan fingerprint density at radius 2 is 1.73 bits per heavy atom. The lowest BCUT2D eigenvalue weighted by atomic mass is 9.93. The van der Waals surface area contributed by atoms with E-state index in [1.165, 1.54) is 31.4 Å². The molecule has 7 heteroatoms. The maximum atomic E-state index is 12.9. The second-order valence-electron chi connectivity index (χ2n) is 8.47. The average Bonchev–Trinajstić information content (AvgIpc) is 2.76. The van der Waals surface area contributed by atoms with E-state index in [0.29, 0.717) is 18.5 Å². The molecule has 166 valence electrons. The molecule has 6 nitrogen and oxygen atoms in total. The molecule has 0 atom stereocenters. The highest BCUT2D eigenvalue weighted by Gasteiger charge is 2.24. The van der Waals surface area contributed by atoms with Gasteiger partial charge in [-0.05, 0) is 55.7 Å². The van der Waals surface area contributed by atoms with Gasteiger partial charge in [0.25, 0.3) is 0 Å². The van der Waals surface area contributed by atoms with Gasteiger partial charge in [-0.15, -0.1) is 0 Å². The molecular formula is C23H34FN3O3. The number of hydrogen-bond acceptors (Lipinski definition) is 3. The Labute approximate surface area is 178 Å². The van der Waals surface area contributed by atoms with Crippen LogP contribution in [-0.4, -0.2) is 49.1 Å². The second-order valence-corrected chi connectivity index (χ2v) is 8.47. The molecule has 1 aromatic carbocycles. The third-order valence-electron chi connectivity index (χ3n) is 6.12. The lowest BCUT2D eigenvalue weighted by Crippen LogP contribution is -2.48. The number of carbonyl (C=O) groups excluding carboxylic acids is 2. The Morgan fingerprint density at radius 1 is 1.03 bits per heavy atom. The molecule has 0 unspecified atom stereocenters. The lowest BCUT2D eigenvalue weighted by Gasteiger charge is -2.34. The Kier molecular flexibility index (Phi) is 8.93. The van der Waals surface area contributed by atoms with E-state index in [1.54, 1.807) is 12.1 Å². The molecule has 2 aliphatic rings. The van der Waals surface area contributed by atoms with Crippen LogP contribution in [-0.2, 0) is 16.1 Å². The summed E-state index contributed by atoms with van der Waals surface area (Å²) in [4.78, 5) is 26.3. The molecule has 1 heterocycles. The maximum absolute atomic E-state index is 12.9. The SMILES string of the molecule is O=C(COCc1ccc(F)cc1)NCCC1CCN(C(=O)NC2CCCCC2)CC1. The van der Waals surface area contributed by atoms with E-state index in [9.17, 15) is 14.0 Å². The third kappa shape index (κ3) is 7.59. The van der Waals surface area contributed by atoms with Gasteiger partial charge in [0.15, 0.2) is 0 Å². The van der Waals surface area contributed by atoms with Gasteiger partial charge < -0.3 is 20.3 Å². The molecule has 0 bridgehead atoms. The molecule has 2 fully saturated rings. The van der Waals surface area contributed by atoms with Gasteiger partial charge in [0.1, 0.15) is 12.4 Å². The fourth-order valence-corrected chi connectivity index (χ4v) is 4.25. The zero-order valence-electron chi connectivity index (χ0n) is 17.7. The number of likely N-dealkylation sites (tertiary alicyclic amines) is 1. The molecule has 0 spiro atoms. The van der Waals surface area contributed by atoms with Crippen molar-refractivity contribution in [2.24, 2.45) is 5.92 Å². The van der Waals surface area contributed by atoms with Gasteiger partial charge in [0.2, 0.25) is 5.91 Å². The van der Waals surface area contributed by atoms with Gasteiger partial charge >= 0.3 is 6.03 Å². The van der Waals surface area contributed by atoms with Crippen molar-refractivity contribution < 1.29 is 18.7 Å². The number of amides is 3. The van der Waals surface area contributed by atoms with Crippen LogP contribution in [0.2, 0.25) is 0 Å². The van der Waals surface area contributed by atoms with Crippen molar-refractivity contribution >= 4 is 11.9 Å². The summed E-state index contributed by atoms with van der Waals surface area (Å²) in [5.74, 6) is 0.109. The van der Waals surface area contributed by atoms with Gasteiger partial charge in [0.05, 0.1) is 6.61 Å². The van der Waals surface area contributed by atoms with E-state index in [4.69, 9.17) is 4.74 Å². The molecule has 3 amide bonds. The van der Waals surface area contributed by atoms with E-state index in [0.717, 1.165) is 50.8 Å². The maximum Gasteiger partial charge on any atom is 0.317 e. The molecule has 0 radical (unpaired) electrons. The van der Waals surface area contributed by atoms with Crippen molar-refractivity contribution in [1.29, 1.82) is 0 Å². The first-order valence-corrected chi connectivity index (χ1v) is 11.2. The van der Waals surface area contributed by atoms with Gasteiger partial charge in [0, 0.05) is 25.7 Å². The Balaban J connectivity index is 1.23. The first-order chi connectivity index (χ1) is 14.6. The highest BCUT2D eigenvalue weighted by molar-refractivity contribution is 5.77. The first kappa shape index (κ1) is 22.5. The minimum Gasteiger partial charge on any atom is -0.367 e. The number of rotatable bonds is 8. The lowest BCUT2D eigenvalue weighted by molar-refractivity contribution is -0.126. The second kappa shape index (κ2) is 11.9. The summed E-state index contributed by atoms with van der Waals surface area (Å²) in [6.07, 6.45) is 8.82. The Hall–Kier alpha value is -2.15. The van der Waals surface area contributed by atoms with E-state index in [-0.39, 0.29) is 31.0 Å². The molecule has 3 rings (SSSR count). The fraction of sp³-hybridized carbons (Fsp3) is 0.652. The topological polar surface area (TPSA) is 70.7 Å². The zero-order valence-corrected chi connectivity index (χ0v) is 17.7. The van der Waals surface area contributed by atoms with Crippen LogP contribution in [0.25, 0.3) is 0 Å². The van der Waals surface area contributed by atoms with E-state index >= 15 is 0 Å². The van der Waals surface area contributed by atoms with Crippen molar-refractivity contribution in [2.75, 3.05) is 26.2 Å². The normalized spacial score (nSPS) is 18.2. The van der Waals surface area contributed by atoms with Crippen molar-refractivity contribution in [3.8, 4) is 0 Å². The highest BCUT2D eigenvalue weighted by Crippen LogP contribution is 2.21. The predicted molar refractivity (Wildman–Crippen MR) is 113 cm³/mol. The summed E-state index contributed by atoms with van der Waals surface area (Å²) in [5.41, 5.74) is 0.837. The quantitative estimate of drug-likeness (QED) is 0.676. The number of hydrogen-bond donors (Lipinski definition) is 2. The number of carbonyl (C=O) groups is 2. The van der Waals surface area contributed by atoms with Crippen LogP contribution in [0.15, 0.2) is 24.3 Å². The smallest absolute Gasteiger partial charge is 0.317 e. The standard InChI is InChI=1S/C23H34FN3O3/c24-20-8-6-19(7-9-20)16-30-17-22(28)25-13-10-18-11-14-27(15-12-18)23(29)26-21-4-2-1-3-5-21/h6-9,18,21H,1-5,10-17H2,(H,25,28)(H,26,29). The van der Waals surface area contributed by atoms with Crippen molar-refractivity contribution in [1.82, 2.24) is 15.5 Å². The highest BCUT2D eigenvalue weighted by atomic mass is 19.1. The van der Waals surface area contributed by atoms with Crippen LogP contribution in [0.3, 0.4) is 0 Å². The summed E-state index contributed by atoms with van der Waals surface area (Å²) in [5, 5.41) is 6.09. The number of piperidine rings is 1. The van der Waals surface area contributed by atoms with Gasteiger partial charge in [-0.3, -0.25) is 4.79 Å². The fourth-order valence-electron chi connectivity index (χ4n) is 4.25. The number of halogens is 1. The third-order valence-corrected chi connectivity index (χ3v) is 6.12. The van der Waals surface area contributed by atoms with Crippen LogP contribution in [0.4, 0.5) is 9.18 Å². The summed E-state index contributed by atoms with van der Waals surface area (Å²) >= 11 is 0. The number of benzene rings is 1. The van der Waals surface area contributed by atoms with Crippen molar-refractivity contribution in [2.45, 2.75) is 64.0 Å². The molecule has 1 aliphatic heterocycles. The van der Waals surface area contributed by atoms with Crippen LogP contribution >= 0.6 is 0 Å². The molecule has 1 aromatic rings. The van der Waals surface area contributed by atoms with Crippen molar-refractivity contribution in [3.05, 3.63) is 35.6 Å². The first-order valence-electron chi connectivity index (χ1n) is 11.2. The molecule has 1 saturated carbocycles. The van der Waals surface area contributed by atoms with E-state index < -0.39 is 0 Å². The Bertz CT molecular complexity index is 669. The molecule has 1 aliphatic carbocycles. The number of urea groups is 1. The molecule has 2 N–H and O–H groups in total. The van der Waals surface area contributed by atoms with Crippen LogP contribution in [0, 0.1) is 11.7 Å². The molecule has 1 saturated heterocycles. The predicted octanol–water partition coefficient (Wildman–Crippen LogP) is 3.60. The average molecular weight is 420 g/mol. The Morgan fingerprint density at radius 3 is 2.43 bits per heavy atom. The summed E-state index contributed by atoms with van der Waals surface area (Å²) in [6, 6.07) is 6.49. The summed E-state index contributed by atoms with van der Waals surface area (Å²) in [6.45, 7) is 2.49. The number of nitrogens with one attached hydrogen (secondary N) is 2. The van der Waals surface area contributed by atoms with E-state index in [1.807, 2.05) is 4.90 Å². The molecule has 0 aromatic heterocycles. The van der Waals surface area contributed by atoms with Crippen LogP contribution in [0.1, 0.15) is 56.9 Å². The zero-order chi connectivity index (χ0) is 21.2. The minimum atomic E-state index is -0.285. The summed E-state index contributed by atoms with van der Waals surface area (Å²) in [7, 11) is 0. The minimum absolute atomic E-state index is 0.00282. The number of ether oxygens (including phenoxy) is 1. The van der Waals surface area contributed by atoms with Gasteiger partial charge in [-0.25, -0.2) is 9.18 Å². The van der Waals surface area contributed by atoms with Crippen LogP contribution in [0.5, 0.6) is 0 Å². The molecular weight excluding hydrogens is 385 g/mol. The van der Waals surface area contributed by atoms with Gasteiger partial charge in [-0.2, -0.15) is 0 Å². The monoisotopic (exact) mass is 419 g/mol. The van der Waals surface area contributed by atoms with Crippen LogP contribution < -0.4 is 10.6 Å². The van der Waals surface area contributed by atoms with Crippen molar-refractivity contribution in [3.63, 3.8) is 0 Å². The number of nitrogens with zero attached hydrogens (tertiary/aromatic N) is 1. The van der Waals surface area contributed by atoms with Gasteiger partial charge in [-0.1, -0.05) is 31.4 Å².